The number of pyridine rings is 1. The van der Waals surface area contributed by atoms with Crippen LogP contribution in [0.4, 0.5) is 14.5 Å². The number of carbonyl (C=O) groups excluding carboxylic acids is 1. The number of alkyl halides is 2. The van der Waals surface area contributed by atoms with Gasteiger partial charge in [0.25, 0.3) is 0 Å². The van der Waals surface area contributed by atoms with Crippen LogP contribution in [0.25, 0.3) is 0 Å². The Labute approximate surface area is 280 Å². The second-order valence-electron chi connectivity index (χ2n) is 11.0. The van der Waals surface area contributed by atoms with Crippen LogP contribution in [0.2, 0.25) is 10.0 Å². The first-order valence-corrected chi connectivity index (χ1v) is 18.1. The summed E-state index contributed by atoms with van der Waals surface area (Å²) in [7, 11) is -3.77. The Morgan fingerprint density at radius 1 is 1.15 bits per heavy atom. The maximum atomic E-state index is 13.8. The number of aromatic amines is 1. The Hall–Kier alpha value is -2.75. The van der Waals surface area contributed by atoms with Crippen LogP contribution in [0.5, 0.6) is 11.5 Å². The Balaban J connectivity index is 1.45. The number of nitrogens with one attached hydrogen (secondary N) is 1. The average Bonchev–Trinajstić information content (AvgIpc) is 3.72. The van der Waals surface area contributed by atoms with E-state index in [0.29, 0.717) is 66.5 Å². The van der Waals surface area contributed by atoms with Crippen molar-refractivity contribution >= 4 is 56.2 Å². The minimum Gasteiger partial charge on any atom is -0.489 e. The number of ether oxygens (including phenoxy) is 4. The average molecular weight is 722 g/mol. The molecule has 0 amide bonds. The Morgan fingerprint density at radius 2 is 1.87 bits per heavy atom. The number of halogens is 4. The van der Waals surface area contributed by atoms with Crippen molar-refractivity contribution in [2.45, 2.75) is 32.0 Å². The molecule has 2 fully saturated rings. The van der Waals surface area contributed by atoms with E-state index in [1.807, 2.05) is 0 Å². The number of esters is 1. The number of aromatic nitrogens is 1. The first-order valence-electron chi connectivity index (χ1n) is 14.6. The van der Waals surface area contributed by atoms with E-state index in [0.717, 1.165) is 30.4 Å². The molecule has 1 aliphatic heterocycles. The number of anilines is 1. The second kappa shape index (κ2) is 15.4. The van der Waals surface area contributed by atoms with Crippen LogP contribution in [0.15, 0.2) is 42.0 Å². The maximum Gasteiger partial charge on any atom is 0.387 e. The van der Waals surface area contributed by atoms with Gasteiger partial charge in [-0.1, -0.05) is 29.3 Å². The predicted molar refractivity (Wildman–Crippen MR) is 170 cm³/mol. The van der Waals surface area contributed by atoms with Crippen molar-refractivity contribution in [3.63, 3.8) is 0 Å². The van der Waals surface area contributed by atoms with Gasteiger partial charge in [0.2, 0.25) is 10.0 Å². The molecule has 0 bridgehead atoms. The van der Waals surface area contributed by atoms with E-state index < -0.39 is 28.7 Å². The second-order valence-corrected chi connectivity index (χ2v) is 14.6. The highest BCUT2D eigenvalue weighted by Gasteiger charge is 2.30. The van der Waals surface area contributed by atoms with Crippen LogP contribution >= 0.6 is 34.5 Å². The van der Waals surface area contributed by atoms with Gasteiger partial charge in [0.05, 0.1) is 31.8 Å². The molecule has 0 unspecified atom stereocenters. The van der Waals surface area contributed by atoms with Gasteiger partial charge >= 0.3 is 12.6 Å². The van der Waals surface area contributed by atoms with Crippen LogP contribution in [-0.4, -0.2) is 78.2 Å². The molecule has 1 saturated heterocycles. The van der Waals surface area contributed by atoms with Crippen molar-refractivity contribution in [3.05, 3.63) is 68.1 Å². The van der Waals surface area contributed by atoms with Gasteiger partial charge < -0.3 is 18.9 Å². The number of thiophene rings is 1. The molecule has 2 aliphatic rings. The van der Waals surface area contributed by atoms with Gasteiger partial charge in [-0.15, -0.1) is 11.3 Å². The van der Waals surface area contributed by atoms with Crippen LogP contribution in [0.3, 0.4) is 0 Å². The van der Waals surface area contributed by atoms with Crippen molar-refractivity contribution < 1.29 is 45.9 Å². The lowest BCUT2D eigenvalue weighted by atomic mass is 10.0. The topological polar surface area (TPSA) is 109 Å². The molecule has 10 nitrogen and oxygen atoms in total. The fourth-order valence-electron chi connectivity index (χ4n) is 4.96. The quantitative estimate of drug-likeness (QED) is 0.190. The first-order chi connectivity index (χ1) is 22.0. The normalized spacial score (nSPS) is 16.3. The number of rotatable bonds is 15. The molecule has 0 radical (unpaired) electrons. The monoisotopic (exact) mass is 720 g/mol. The summed E-state index contributed by atoms with van der Waals surface area (Å²) in [5.41, 5.74) is 1.08. The van der Waals surface area contributed by atoms with Gasteiger partial charge in [0.15, 0.2) is 23.9 Å². The molecule has 46 heavy (non-hydrogen) atoms. The molecule has 1 aliphatic carbocycles. The molecule has 3 heterocycles. The zero-order chi connectivity index (χ0) is 32.8. The van der Waals surface area contributed by atoms with Crippen LogP contribution in [-0.2, 0) is 25.9 Å². The zero-order valence-electron chi connectivity index (χ0n) is 24.9. The molecular formula is C30H34Cl2F2N3O7S2+. The van der Waals surface area contributed by atoms with Gasteiger partial charge in [-0.25, -0.2) is 18.2 Å². The molecule has 1 saturated carbocycles. The molecule has 250 valence electrons. The van der Waals surface area contributed by atoms with E-state index in [1.165, 1.54) is 34.9 Å². The van der Waals surface area contributed by atoms with E-state index in [2.05, 4.69) is 14.6 Å². The molecule has 5 rings (SSSR count). The van der Waals surface area contributed by atoms with E-state index in [-0.39, 0.29) is 35.0 Å². The molecule has 1 atom stereocenters. The Kier molecular flexibility index (Phi) is 11.6. The molecular weight excluding hydrogens is 687 g/mol. The molecule has 0 spiro atoms. The fraction of sp³-hybridized carbons (Fsp3) is 0.467. The van der Waals surface area contributed by atoms with Crippen molar-refractivity contribution in [1.82, 2.24) is 4.90 Å². The number of hydrogen-bond acceptors (Lipinski definition) is 9. The summed E-state index contributed by atoms with van der Waals surface area (Å²) in [6.45, 7) is 0.295. The summed E-state index contributed by atoms with van der Waals surface area (Å²) in [5.74, 6) is -0.529. The lowest BCUT2D eigenvalue weighted by Gasteiger charge is -2.30. The molecule has 1 aromatic carbocycles. The highest BCUT2D eigenvalue weighted by atomic mass is 35.5. The highest BCUT2D eigenvalue weighted by molar-refractivity contribution is 7.92. The number of H-pyrrole nitrogens is 1. The molecule has 3 aromatic rings. The number of hydrogen-bond donors (Lipinski definition) is 0. The number of morpholine rings is 1. The molecule has 2 aromatic heterocycles. The van der Waals surface area contributed by atoms with Gasteiger partial charge in [-0.05, 0) is 47.9 Å². The number of sulfonamides is 1. The van der Waals surface area contributed by atoms with Crippen molar-refractivity contribution in [1.29, 1.82) is 0 Å². The van der Waals surface area contributed by atoms with Gasteiger partial charge in [0, 0.05) is 38.2 Å². The Bertz CT molecular complexity index is 1600. The molecule has 16 heteroatoms. The fourth-order valence-corrected chi connectivity index (χ4v) is 7.25. The van der Waals surface area contributed by atoms with E-state index in [1.54, 1.807) is 11.4 Å². The third-order valence-corrected chi connectivity index (χ3v) is 10.3. The minimum atomic E-state index is -3.77. The maximum absolute atomic E-state index is 13.8. The van der Waals surface area contributed by atoms with E-state index in [9.17, 15) is 22.0 Å². The van der Waals surface area contributed by atoms with Crippen molar-refractivity contribution in [3.8, 4) is 11.5 Å². The molecule has 1 N–H and O–H groups in total. The van der Waals surface area contributed by atoms with E-state index >= 15 is 0 Å². The summed E-state index contributed by atoms with van der Waals surface area (Å²) >= 11 is 13.9. The summed E-state index contributed by atoms with van der Waals surface area (Å²) in [6, 6.07) is 5.89. The SMILES string of the molecule is CS(=O)(=O)N(CCN1CCOCC1)c1ccsc1C(=O)O[C@@H](Cc1c(Cl)c[nH+]cc1Cl)c1ccc(OC(F)F)c(OCC2CC2)c1. The third-order valence-electron chi connectivity index (χ3n) is 7.58. The largest absolute Gasteiger partial charge is 0.489 e. The summed E-state index contributed by atoms with van der Waals surface area (Å²) in [4.78, 5) is 18.9. The lowest BCUT2D eigenvalue weighted by Crippen LogP contribution is -2.43. The third kappa shape index (κ3) is 9.20. The van der Waals surface area contributed by atoms with Gasteiger partial charge in [0.1, 0.15) is 21.0 Å². The number of nitrogens with zero attached hydrogens (tertiary/aromatic N) is 2. The minimum absolute atomic E-state index is 0.0166. The highest BCUT2D eigenvalue weighted by Crippen LogP contribution is 2.39. The van der Waals surface area contributed by atoms with Crippen molar-refractivity contribution in [2.24, 2.45) is 5.92 Å². The predicted octanol–water partition coefficient (Wildman–Crippen LogP) is 5.50. The van der Waals surface area contributed by atoms with E-state index in [4.69, 9.17) is 37.4 Å². The van der Waals surface area contributed by atoms with Crippen LogP contribution < -0.4 is 18.8 Å². The smallest absolute Gasteiger partial charge is 0.387 e. The summed E-state index contributed by atoms with van der Waals surface area (Å²) in [5, 5.41) is 2.20. The summed E-state index contributed by atoms with van der Waals surface area (Å²) < 4.78 is 75.4. The summed E-state index contributed by atoms with van der Waals surface area (Å²) in [6.07, 6.45) is 5.10. The number of benzene rings is 1. The van der Waals surface area contributed by atoms with Gasteiger partial charge in [-0.2, -0.15) is 8.78 Å². The van der Waals surface area contributed by atoms with Gasteiger partial charge in [-0.3, -0.25) is 9.21 Å². The van der Waals surface area contributed by atoms with Crippen LogP contribution in [0.1, 0.15) is 39.7 Å². The van der Waals surface area contributed by atoms with Crippen LogP contribution in [0, 0.1) is 5.92 Å². The lowest BCUT2D eigenvalue weighted by molar-refractivity contribution is -0.377. The standard InChI is InChI=1S/C30H33Cl2F2N3O7S2/c1-46(39,40)37(8-7-36-9-11-41-12-10-36)24-6-13-45-28(24)29(38)43-26(15-21-22(31)16-35-17-23(21)32)20-4-5-25(44-30(33)34)27(14-20)42-18-19-2-3-19/h4-6,13-14,16-17,19,26,30H,2-3,7-12,15,18H2,1H3/p+1/t26-/m0/s1. The zero-order valence-corrected chi connectivity index (χ0v) is 28.1. The van der Waals surface area contributed by atoms with Crippen molar-refractivity contribution in [2.75, 3.05) is 56.6 Å². The Morgan fingerprint density at radius 3 is 2.52 bits per heavy atom. The number of carbonyl (C=O) groups is 1. The first kappa shape index (κ1) is 34.6.